The summed E-state index contributed by atoms with van der Waals surface area (Å²) in [6, 6.07) is 7.17. The number of hydrogen-bond donors (Lipinski definition) is 3. The molecule has 3 amide bonds. The molecule has 1 aromatic rings. The average Bonchev–Trinajstić information content (AvgIpc) is 2.70. The van der Waals surface area contributed by atoms with Crippen LogP contribution in [-0.4, -0.2) is 54.1 Å². The van der Waals surface area contributed by atoms with Crippen molar-refractivity contribution in [2.45, 2.75) is 58.2 Å². The summed E-state index contributed by atoms with van der Waals surface area (Å²) in [5.74, 6) is -0.255. The third-order valence-corrected chi connectivity index (χ3v) is 5.09. The molecule has 30 heavy (non-hydrogen) atoms. The predicted molar refractivity (Wildman–Crippen MR) is 120 cm³/mol. The molecule has 3 atom stereocenters. The molecule has 0 aliphatic carbocycles. The lowest BCUT2D eigenvalue weighted by Gasteiger charge is -2.25. The summed E-state index contributed by atoms with van der Waals surface area (Å²) < 4.78 is 0. The summed E-state index contributed by atoms with van der Waals surface area (Å²) >= 11 is 1.59. The van der Waals surface area contributed by atoms with Gasteiger partial charge in [0.1, 0.15) is 18.4 Å². The second kappa shape index (κ2) is 13.8. The Morgan fingerprint density at radius 1 is 1.00 bits per heavy atom. The van der Waals surface area contributed by atoms with Crippen molar-refractivity contribution in [1.82, 2.24) is 16.0 Å². The van der Waals surface area contributed by atoms with Crippen LogP contribution in [0.15, 0.2) is 30.3 Å². The molecule has 1 unspecified atom stereocenters. The minimum Gasteiger partial charge on any atom is -0.345 e. The Labute approximate surface area is 183 Å². The van der Waals surface area contributed by atoms with Crippen LogP contribution in [0.25, 0.3) is 0 Å². The first-order valence-corrected chi connectivity index (χ1v) is 11.5. The fourth-order valence-electron chi connectivity index (χ4n) is 2.98. The molecule has 8 heteroatoms. The molecule has 1 aromatic carbocycles. The number of hydrogen-bond acceptors (Lipinski definition) is 5. The van der Waals surface area contributed by atoms with Gasteiger partial charge in [-0.2, -0.15) is 11.8 Å². The number of carbonyl (C=O) groups is 4. The van der Waals surface area contributed by atoms with Gasteiger partial charge in [0.2, 0.25) is 17.7 Å². The summed E-state index contributed by atoms with van der Waals surface area (Å²) in [6.07, 6.45) is 3.91. The van der Waals surface area contributed by atoms with E-state index >= 15 is 0 Å². The number of thioether (sulfide) groups is 1. The summed E-state index contributed by atoms with van der Waals surface area (Å²) in [7, 11) is 0. The van der Waals surface area contributed by atoms with E-state index in [4.69, 9.17) is 0 Å². The van der Waals surface area contributed by atoms with Gasteiger partial charge in [-0.3, -0.25) is 14.4 Å². The van der Waals surface area contributed by atoms with Gasteiger partial charge in [0.25, 0.3) is 0 Å². The van der Waals surface area contributed by atoms with E-state index in [0.717, 1.165) is 17.6 Å². The molecular weight excluding hydrogens is 402 g/mol. The van der Waals surface area contributed by atoms with Gasteiger partial charge >= 0.3 is 0 Å². The van der Waals surface area contributed by atoms with E-state index in [1.54, 1.807) is 11.8 Å². The highest BCUT2D eigenvalue weighted by Crippen LogP contribution is 2.09. The Morgan fingerprint density at radius 2 is 1.63 bits per heavy atom. The van der Waals surface area contributed by atoms with Gasteiger partial charge in [-0.25, -0.2) is 0 Å². The normalized spacial score (nSPS) is 13.8. The maximum Gasteiger partial charge on any atom is 0.243 e. The van der Waals surface area contributed by atoms with Crippen LogP contribution >= 0.6 is 11.8 Å². The van der Waals surface area contributed by atoms with Gasteiger partial charge in [0.05, 0.1) is 6.04 Å². The van der Waals surface area contributed by atoms with E-state index in [1.807, 2.05) is 50.4 Å². The van der Waals surface area contributed by atoms with E-state index in [2.05, 4.69) is 16.0 Å². The minimum atomic E-state index is -0.800. The molecule has 7 nitrogen and oxygen atoms in total. The summed E-state index contributed by atoms with van der Waals surface area (Å²) in [5, 5.41) is 8.16. The second-order valence-electron chi connectivity index (χ2n) is 7.67. The molecule has 0 bridgehead atoms. The van der Waals surface area contributed by atoms with Crippen molar-refractivity contribution in [1.29, 1.82) is 0 Å². The second-order valence-corrected chi connectivity index (χ2v) is 8.65. The summed E-state index contributed by atoms with van der Waals surface area (Å²) in [6.45, 7) is 5.25. The molecule has 0 radical (unpaired) electrons. The van der Waals surface area contributed by atoms with E-state index in [-0.39, 0.29) is 11.8 Å². The summed E-state index contributed by atoms with van der Waals surface area (Å²) in [5.41, 5.74) is 0.898. The lowest BCUT2D eigenvalue weighted by molar-refractivity contribution is -0.132. The number of benzene rings is 1. The van der Waals surface area contributed by atoms with Crippen molar-refractivity contribution in [3.63, 3.8) is 0 Å². The van der Waals surface area contributed by atoms with Crippen LogP contribution in [0.3, 0.4) is 0 Å². The maximum absolute atomic E-state index is 12.9. The van der Waals surface area contributed by atoms with Crippen molar-refractivity contribution >= 4 is 35.8 Å². The van der Waals surface area contributed by atoms with Gasteiger partial charge in [-0.1, -0.05) is 44.2 Å². The predicted octanol–water partition coefficient (Wildman–Crippen LogP) is 1.70. The molecule has 0 saturated heterocycles. The molecular formula is C22H33N3O4S. The van der Waals surface area contributed by atoms with E-state index in [1.165, 1.54) is 6.92 Å². The lowest BCUT2D eigenvalue weighted by Crippen LogP contribution is -2.55. The van der Waals surface area contributed by atoms with Crippen molar-refractivity contribution in [2.24, 2.45) is 5.92 Å². The first kappa shape index (κ1) is 25.7. The minimum absolute atomic E-state index is 0.148. The van der Waals surface area contributed by atoms with Gasteiger partial charge in [0, 0.05) is 13.3 Å². The van der Waals surface area contributed by atoms with Crippen molar-refractivity contribution in [3.8, 4) is 0 Å². The molecule has 0 fully saturated rings. The maximum atomic E-state index is 12.9. The smallest absolute Gasteiger partial charge is 0.243 e. The zero-order valence-electron chi connectivity index (χ0n) is 18.1. The van der Waals surface area contributed by atoms with E-state index < -0.39 is 29.9 Å². The SMILES string of the molecule is CSCC[C@@H](C=O)NC(=O)[C@H](CC(C)C)NC(=O)C(Cc1ccccc1)NC(C)=O. The molecule has 0 saturated carbocycles. The number of aldehydes is 1. The Balaban J connectivity index is 2.90. The molecule has 0 aliphatic rings. The van der Waals surface area contributed by atoms with E-state index in [0.29, 0.717) is 19.3 Å². The van der Waals surface area contributed by atoms with Crippen LogP contribution < -0.4 is 16.0 Å². The van der Waals surface area contributed by atoms with Crippen LogP contribution in [0.2, 0.25) is 0 Å². The van der Waals surface area contributed by atoms with Crippen LogP contribution in [0, 0.1) is 5.92 Å². The Morgan fingerprint density at radius 3 is 2.17 bits per heavy atom. The Bertz CT molecular complexity index is 697. The van der Waals surface area contributed by atoms with E-state index in [9.17, 15) is 19.2 Å². The average molecular weight is 436 g/mol. The highest BCUT2D eigenvalue weighted by atomic mass is 32.2. The van der Waals surface area contributed by atoms with Crippen molar-refractivity contribution in [2.75, 3.05) is 12.0 Å². The molecule has 3 N–H and O–H groups in total. The zero-order valence-corrected chi connectivity index (χ0v) is 19.0. The zero-order chi connectivity index (χ0) is 22.5. The number of amides is 3. The molecule has 0 heterocycles. The summed E-state index contributed by atoms with van der Waals surface area (Å²) in [4.78, 5) is 48.6. The highest BCUT2D eigenvalue weighted by molar-refractivity contribution is 7.98. The fourth-order valence-corrected chi connectivity index (χ4v) is 3.47. The number of rotatable bonds is 13. The third-order valence-electron chi connectivity index (χ3n) is 4.44. The van der Waals surface area contributed by atoms with Gasteiger partial charge in [0.15, 0.2) is 0 Å². The van der Waals surface area contributed by atoms with Crippen LogP contribution in [0.4, 0.5) is 0 Å². The van der Waals surface area contributed by atoms with Gasteiger partial charge < -0.3 is 20.7 Å². The van der Waals surface area contributed by atoms with Gasteiger partial charge in [-0.05, 0) is 36.3 Å². The van der Waals surface area contributed by atoms with Crippen LogP contribution in [0.1, 0.15) is 39.2 Å². The lowest BCUT2D eigenvalue weighted by atomic mass is 10.0. The number of carbonyl (C=O) groups excluding carboxylic acids is 4. The quantitative estimate of drug-likeness (QED) is 0.409. The third kappa shape index (κ3) is 9.91. The molecule has 1 rings (SSSR count). The van der Waals surface area contributed by atoms with Crippen LogP contribution in [-0.2, 0) is 25.6 Å². The van der Waals surface area contributed by atoms with Gasteiger partial charge in [-0.15, -0.1) is 0 Å². The fraction of sp³-hybridized carbons (Fsp3) is 0.545. The Kier molecular flexibility index (Phi) is 11.8. The highest BCUT2D eigenvalue weighted by Gasteiger charge is 2.28. The largest absolute Gasteiger partial charge is 0.345 e. The van der Waals surface area contributed by atoms with Crippen molar-refractivity contribution in [3.05, 3.63) is 35.9 Å². The topological polar surface area (TPSA) is 104 Å². The molecule has 0 aliphatic heterocycles. The standard InChI is InChI=1S/C22H33N3O4S/c1-15(2)12-19(21(28)24-18(14-26)10-11-30-4)25-22(29)20(23-16(3)27)13-17-8-6-5-7-9-17/h5-9,14-15,18-20H,10-13H2,1-4H3,(H,23,27)(H,24,28)(H,25,29)/t18-,19-,20?/m0/s1. The van der Waals surface area contributed by atoms with Crippen LogP contribution in [0.5, 0.6) is 0 Å². The molecule has 0 aromatic heterocycles. The molecule has 0 spiro atoms. The first-order valence-electron chi connectivity index (χ1n) is 10.1. The number of nitrogens with one attached hydrogen (secondary N) is 3. The monoisotopic (exact) mass is 435 g/mol. The Hall–Kier alpha value is -2.35. The first-order chi connectivity index (χ1) is 14.3. The molecule has 166 valence electrons. The van der Waals surface area contributed by atoms with Crippen molar-refractivity contribution < 1.29 is 19.2 Å².